The highest BCUT2D eigenvalue weighted by molar-refractivity contribution is 9.10. The quantitative estimate of drug-likeness (QED) is 0.248. The van der Waals surface area contributed by atoms with Crippen molar-refractivity contribution in [2.45, 2.75) is 12.1 Å². The maximum absolute atomic E-state index is 14.0. The largest absolute Gasteiger partial charge is 0.352 e. The highest BCUT2D eigenvalue weighted by atomic mass is 79.9. The molecule has 0 saturated carbocycles. The number of halogens is 4. The van der Waals surface area contributed by atoms with E-state index in [1.807, 2.05) is 23.1 Å². The van der Waals surface area contributed by atoms with Crippen LogP contribution in [0.25, 0.3) is 6.08 Å². The third kappa shape index (κ3) is 3.54. The molecule has 0 unspecified atom stereocenters. The summed E-state index contributed by atoms with van der Waals surface area (Å²) < 4.78 is 0.829. The molecule has 36 heavy (non-hydrogen) atoms. The summed E-state index contributed by atoms with van der Waals surface area (Å²) in [7, 11) is 0. The van der Waals surface area contributed by atoms with Gasteiger partial charge in [0.25, 0.3) is 0 Å². The minimum absolute atomic E-state index is 0.188. The Hall–Kier alpha value is -2.64. The summed E-state index contributed by atoms with van der Waals surface area (Å²) in [5.41, 5.74) is 2.29. The van der Waals surface area contributed by atoms with Crippen molar-refractivity contribution in [3.63, 3.8) is 0 Å². The van der Waals surface area contributed by atoms with Crippen LogP contribution in [0.1, 0.15) is 15.9 Å². The van der Waals surface area contributed by atoms with Crippen LogP contribution in [0.4, 0.5) is 11.4 Å². The van der Waals surface area contributed by atoms with Gasteiger partial charge in [-0.2, -0.15) is 0 Å². The molecular weight excluding hydrogens is 587 g/mol. The van der Waals surface area contributed by atoms with Crippen LogP contribution in [-0.4, -0.2) is 29.7 Å². The van der Waals surface area contributed by atoms with E-state index in [0.717, 1.165) is 20.6 Å². The number of nitrogens with zero attached hydrogens (tertiary/aromatic N) is 2. The van der Waals surface area contributed by atoms with E-state index in [4.69, 9.17) is 34.8 Å². The second-order valence-corrected chi connectivity index (χ2v) is 11.1. The number of rotatable bonds is 3. The number of fused-ring (bicyclic) bond motifs is 5. The Morgan fingerprint density at radius 1 is 0.806 bits per heavy atom. The first kappa shape index (κ1) is 23.7. The topological polar surface area (TPSA) is 57.7 Å². The average molecular weight is 603 g/mol. The van der Waals surface area contributed by atoms with Gasteiger partial charge in [-0.05, 0) is 48.0 Å². The Labute approximate surface area is 230 Å². The molecule has 2 saturated heterocycles. The van der Waals surface area contributed by atoms with E-state index < -0.39 is 35.7 Å². The number of carbonyl (C=O) groups is 3. The van der Waals surface area contributed by atoms with Gasteiger partial charge >= 0.3 is 0 Å². The molecule has 3 aliphatic rings. The Balaban J connectivity index is 1.51. The number of Topliss-reactive ketones (excluding diaryl/α,β-unsaturated/α-hetero) is 1. The number of hydrogen-bond acceptors (Lipinski definition) is 4. The summed E-state index contributed by atoms with van der Waals surface area (Å²) in [6.07, 6.45) is 3.80. The maximum atomic E-state index is 14.0. The van der Waals surface area contributed by atoms with Crippen molar-refractivity contribution in [1.29, 1.82) is 0 Å². The fraction of sp³-hybridized carbons (Fsp3) is 0.148. The molecule has 3 aromatic rings. The predicted molar refractivity (Wildman–Crippen MR) is 145 cm³/mol. The lowest BCUT2D eigenvalue weighted by Gasteiger charge is -2.36. The lowest BCUT2D eigenvalue weighted by molar-refractivity contribution is -0.122. The third-order valence-electron chi connectivity index (χ3n) is 7.02. The first-order valence-corrected chi connectivity index (χ1v) is 13.1. The Bertz CT molecular complexity index is 1490. The molecule has 0 aromatic heterocycles. The zero-order valence-corrected chi connectivity index (χ0v) is 22.2. The van der Waals surface area contributed by atoms with Crippen molar-refractivity contribution in [1.82, 2.24) is 0 Å². The van der Waals surface area contributed by atoms with Crippen LogP contribution in [0.5, 0.6) is 0 Å². The summed E-state index contributed by atoms with van der Waals surface area (Å²) in [5, 5.41) is 1.08. The SMILES string of the molecule is O=C(c1ccc(Br)cc1)[C@@H]1[C@@H]2C(=O)N(c3ccc(Cl)cc3Cl)C(=O)[C@H]2[C@H]2C=Cc3ccc(Cl)cc3N21. The third-order valence-corrected chi connectivity index (χ3v) is 8.32. The summed E-state index contributed by atoms with van der Waals surface area (Å²) in [6.45, 7) is 0. The van der Waals surface area contributed by atoms with Crippen molar-refractivity contribution in [3.8, 4) is 0 Å². The molecule has 0 radical (unpaired) electrons. The first-order valence-electron chi connectivity index (χ1n) is 11.1. The Kier molecular flexibility index (Phi) is 5.76. The van der Waals surface area contributed by atoms with Crippen molar-refractivity contribution in [2.75, 3.05) is 9.80 Å². The van der Waals surface area contributed by atoms with Gasteiger partial charge in [-0.3, -0.25) is 14.4 Å². The molecular formula is C27H16BrCl3N2O3. The van der Waals surface area contributed by atoms with Crippen LogP contribution in [0.2, 0.25) is 15.1 Å². The predicted octanol–water partition coefficient (Wildman–Crippen LogP) is 6.68. The lowest BCUT2D eigenvalue weighted by Crippen LogP contribution is -2.48. The number of ketones is 1. The monoisotopic (exact) mass is 600 g/mol. The Morgan fingerprint density at radius 3 is 2.19 bits per heavy atom. The van der Waals surface area contributed by atoms with E-state index in [2.05, 4.69) is 15.9 Å². The number of carbonyl (C=O) groups excluding carboxylic acids is 3. The fourth-order valence-corrected chi connectivity index (χ4v) is 6.44. The van der Waals surface area contributed by atoms with E-state index in [1.54, 1.807) is 48.5 Å². The molecule has 3 aliphatic heterocycles. The van der Waals surface area contributed by atoms with Crippen molar-refractivity contribution in [2.24, 2.45) is 11.8 Å². The van der Waals surface area contributed by atoms with Crippen molar-refractivity contribution >= 4 is 85.8 Å². The minimum atomic E-state index is -0.907. The molecule has 0 aliphatic carbocycles. The molecule has 0 N–H and O–H groups in total. The number of anilines is 2. The van der Waals surface area contributed by atoms with Gasteiger partial charge in [-0.1, -0.05) is 81.1 Å². The first-order chi connectivity index (χ1) is 17.3. The van der Waals surface area contributed by atoms with Gasteiger partial charge in [0.1, 0.15) is 6.04 Å². The minimum Gasteiger partial charge on any atom is -0.352 e. The standard InChI is InChI=1S/C27H16BrCl3N2O3/c28-15-5-1-14(2-6-15)25(34)24-23-22(20-9-4-13-3-7-17(30)12-21(13)32(20)24)26(35)33(27(23)36)19-10-8-16(29)11-18(19)31/h1-12,20,22-24H/t20-,22+,23-,24+/m1/s1. The van der Waals surface area contributed by atoms with Crippen molar-refractivity contribution < 1.29 is 14.4 Å². The molecule has 2 fully saturated rings. The van der Waals surface area contributed by atoms with Gasteiger partial charge in [0.05, 0.1) is 28.6 Å². The number of benzene rings is 3. The second kappa shape index (κ2) is 8.73. The zero-order chi connectivity index (χ0) is 25.3. The highest BCUT2D eigenvalue weighted by Gasteiger charge is 2.64. The fourth-order valence-electron chi connectivity index (χ4n) is 5.52. The Morgan fingerprint density at radius 2 is 1.47 bits per heavy atom. The zero-order valence-electron chi connectivity index (χ0n) is 18.4. The molecule has 0 spiro atoms. The van der Waals surface area contributed by atoms with Crippen LogP contribution < -0.4 is 9.80 Å². The molecule has 3 heterocycles. The molecule has 2 amide bonds. The van der Waals surface area contributed by atoms with Crippen molar-refractivity contribution in [3.05, 3.63) is 97.4 Å². The second-order valence-electron chi connectivity index (χ2n) is 8.94. The number of amides is 2. The van der Waals surface area contributed by atoms with E-state index in [-0.39, 0.29) is 16.5 Å². The van der Waals surface area contributed by atoms with Crippen LogP contribution in [-0.2, 0) is 9.59 Å². The molecule has 6 rings (SSSR count). The van der Waals surface area contributed by atoms with Gasteiger partial charge in [0.2, 0.25) is 11.8 Å². The molecule has 0 bridgehead atoms. The van der Waals surface area contributed by atoms with E-state index in [9.17, 15) is 14.4 Å². The summed E-state index contributed by atoms with van der Waals surface area (Å²) in [4.78, 5) is 44.8. The summed E-state index contributed by atoms with van der Waals surface area (Å²) >= 11 is 22.2. The molecule has 5 nitrogen and oxygen atoms in total. The lowest BCUT2D eigenvalue weighted by atomic mass is 9.86. The maximum Gasteiger partial charge on any atom is 0.240 e. The summed E-state index contributed by atoms with van der Waals surface area (Å²) in [6, 6.07) is 15.6. The van der Waals surface area contributed by atoms with E-state index >= 15 is 0 Å². The molecule has 4 atom stereocenters. The van der Waals surface area contributed by atoms with Gasteiger partial charge < -0.3 is 4.90 Å². The molecule has 9 heteroatoms. The smallest absolute Gasteiger partial charge is 0.240 e. The van der Waals surface area contributed by atoms with Gasteiger partial charge in [0.15, 0.2) is 5.78 Å². The van der Waals surface area contributed by atoms with E-state index in [1.165, 1.54) is 6.07 Å². The van der Waals surface area contributed by atoms with Gasteiger partial charge in [-0.25, -0.2) is 4.90 Å². The van der Waals surface area contributed by atoms with Crippen LogP contribution >= 0.6 is 50.7 Å². The molecule has 3 aromatic carbocycles. The number of imide groups is 1. The number of hydrogen-bond donors (Lipinski definition) is 0. The molecule has 180 valence electrons. The van der Waals surface area contributed by atoms with Gasteiger partial charge in [-0.15, -0.1) is 0 Å². The summed E-state index contributed by atoms with van der Waals surface area (Å²) in [5.74, 6) is -2.77. The van der Waals surface area contributed by atoms with Crippen LogP contribution in [0, 0.1) is 11.8 Å². The van der Waals surface area contributed by atoms with Crippen LogP contribution in [0.15, 0.2) is 71.2 Å². The average Bonchev–Trinajstić information content (AvgIpc) is 3.32. The normalized spacial score (nSPS) is 24.1. The van der Waals surface area contributed by atoms with Gasteiger partial charge in [0, 0.05) is 25.8 Å². The highest BCUT2D eigenvalue weighted by Crippen LogP contribution is 2.51. The van der Waals surface area contributed by atoms with Crippen LogP contribution in [0.3, 0.4) is 0 Å². The van der Waals surface area contributed by atoms with E-state index in [0.29, 0.717) is 15.6 Å².